The summed E-state index contributed by atoms with van der Waals surface area (Å²) in [6.45, 7) is 2.24. The van der Waals surface area contributed by atoms with Crippen LogP contribution in [0.3, 0.4) is 0 Å². The molecule has 2 rings (SSSR count). The van der Waals surface area contributed by atoms with Gasteiger partial charge in [0.05, 0.1) is 6.61 Å². The zero-order chi connectivity index (χ0) is 10.8. The Balaban J connectivity index is 2.48. The van der Waals surface area contributed by atoms with Crippen LogP contribution < -0.4 is 11.2 Å². The molecule has 0 aliphatic carbocycles. The van der Waals surface area contributed by atoms with Crippen molar-refractivity contribution in [3.05, 3.63) is 44.8 Å². The first-order valence-corrected chi connectivity index (χ1v) is 4.79. The second-order valence-corrected chi connectivity index (χ2v) is 3.46. The fraction of sp³-hybridized carbons (Fsp3) is 0.400. The van der Waals surface area contributed by atoms with Gasteiger partial charge in [-0.15, -0.1) is 0 Å². The summed E-state index contributed by atoms with van der Waals surface area (Å²) in [5.74, 6) is 0. The summed E-state index contributed by atoms with van der Waals surface area (Å²) in [7, 11) is 0. The number of hydrogen-bond donors (Lipinski definition) is 1. The van der Waals surface area contributed by atoms with E-state index in [0.717, 1.165) is 6.42 Å². The molecule has 1 aromatic rings. The largest absolute Gasteiger partial charge is 0.354 e. The van der Waals surface area contributed by atoms with Gasteiger partial charge in [0.1, 0.15) is 0 Å². The Kier molecular flexibility index (Phi) is 2.55. The van der Waals surface area contributed by atoms with Crippen LogP contribution in [-0.4, -0.2) is 16.2 Å². The molecular formula is C10H12N2O3. The first-order chi connectivity index (χ1) is 7.18. The minimum Gasteiger partial charge on any atom is -0.354 e. The summed E-state index contributed by atoms with van der Waals surface area (Å²) in [6, 6.07) is 0. The van der Waals surface area contributed by atoms with Crippen molar-refractivity contribution in [3.63, 3.8) is 0 Å². The van der Waals surface area contributed by atoms with E-state index >= 15 is 0 Å². The molecule has 0 bridgehead atoms. The third-order valence-corrected chi connectivity index (χ3v) is 2.29. The predicted octanol–water partition coefficient (Wildman–Crippen LogP) is 0.320. The number of H-pyrrole nitrogens is 1. The number of hydrogen-bond acceptors (Lipinski definition) is 3. The molecule has 1 aliphatic heterocycles. The molecule has 0 spiro atoms. The molecule has 1 atom stereocenters. The fourth-order valence-electron chi connectivity index (χ4n) is 1.47. The average molecular weight is 208 g/mol. The molecule has 1 aliphatic rings. The zero-order valence-corrected chi connectivity index (χ0v) is 8.40. The van der Waals surface area contributed by atoms with E-state index in [1.165, 1.54) is 10.8 Å². The molecule has 1 aromatic heterocycles. The van der Waals surface area contributed by atoms with Crippen molar-refractivity contribution in [2.45, 2.75) is 19.6 Å². The van der Waals surface area contributed by atoms with Crippen LogP contribution in [0.2, 0.25) is 0 Å². The van der Waals surface area contributed by atoms with Crippen LogP contribution in [0.4, 0.5) is 0 Å². The van der Waals surface area contributed by atoms with Gasteiger partial charge in [0.25, 0.3) is 5.56 Å². The van der Waals surface area contributed by atoms with E-state index in [-0.39, 0.29) is 5.56 Å². The number of nitrogens with zero attached hydrogens (tertiary/aromatic N) is 1. The van der Waals surface area contributed by atoms with Crippen molar-refractivity contribution in [2.24, 2.45) is 0 Å². The molecular weight excluding hydrogens is 196 g/mol. The van der Waals surface area contributed by atoms with Crippen molar-refractivity contribution in [3.8, 4) is 0 Å². The maximum atomic E-state index is 11.5. The van der Waals surface area contributed by atoms with E-state index in [1.807, 2.05) is 12.2 Å². The van der Waals surface area contributed by atoms with Gasteiger partial charge in [-0.05, 0) is 19.4 Å². The normalized spacial score (nSPS) is 20.5. The molecule has 0 fully saturated rings. The number of aromatic amines is 1. The number of nitrogens with one attached hydrogen (secondary N) is 1. The number of ether oxygens (including phenoxy) is 1. The average Bonchev–Trinajstić information content (AvgIpc) is 2.25. The van der Waals surface area contributed by atoms with Crippen LogP contribution in [0.1, 0.15) is 18.2 Å². The van der Waals surface area contributed by atoms with Crippen LogP contribution >= 0.6 is 0 Å². The molecule has 80 valence electrons. The Morgan fingerprint density at radius 1 is 1.53 bits per heavy atom. The topological polar surface area (TPSA) is 64.1 Å². The Morgan fingerprint density at radius 2 is 2.33 bits per heavy atom. The van der Waals surface area contributed by atoms with Gasteiger partial charge in [-0.2, -0.15) is 0 Å². The van der Waals surface area contributed by atoms with E-state index in [9.17, 15) is 9.59 Å². The third kappa shape index (κ3) is 1.92. The lowest BCUT2D eigenvalue weighted by molar-refractivity contribution is 0.0286. The molecule has 2 heterocycles. The second kappa shape index (κ2) is 3.86. The summed E-state index contributed by atoms with van der Waals surface area (Å²) >= 11 is 0. The first-order valence-electron chi connectivity index (χ1n) is 4.79. The maximum Gasteiger partial charge on any atom is 0.330 e. The minimum atomic E-state index is -0.442. The predicted molar refractivity (Wildman–Crippen MR) is 54.8 cm³/mol. The highest BCUT2D eigenvalue weighted by Gasteiger charge is 2.12. The Morgan fingerprint density at radius 3 is 3.00 bits per heavy atom. The van der Waals surface area contributed by atoms with E-state index in [1.54, 1.807) is 6.92 Å². The van der Waals surface area contributed by atoms with E-state index in [4.69, 9.17) is 4.74 Å². The van der Waals surface area contributed by atoms with Gasteiger partial charge in [-0.1, -0.05) is 6.08 Å². The quantitative estimate of drug-likeness (QED) is 0.676. The van der Waals surface area contributed by atoms with Crippen molar-refractivity contribution < 1.29 is 4.74 Å². The van der Waals surface area contributed by atoms with Gasteiger partial charge in [-0.3, -0.25) is 14.3 Å². The minimum absolute atomic E-state index is 0.351. The third-order valence-electron chi connectivity index (χ3n) is 2.29. The van der Waals surface area contributed by atoms with Gasteiger partial charge in [-0.25, -0.2) is 4.79 Å². The molecule has 0 unspecified atom stereocenters. The van der Waals surface area contributed by atoms with Crippen LogP contribution in [0.25, 0.3) is 0 Å². The van der Waals surface area contributed by atoms with Crippen molar-refractivity contribution >= 4 is 0 Å². The van der Waals surface area contributed by atoms with Crippen molar-refractivity contribution in [1.82, 2.24) is 9.55 Å². The number of rotatable bonds is 1. The highest BCUT2D eigenvalue weighted by atomic mass is 16.5. The van der Waals surface area contributed by atoms with Gasteiger partial charge in [0, 0.05) is 11.8 Å². The van der Waals surface area contributed by atoms with Gasteiger partial charge in [0.2, 0.25) is 0 Å². The first kappa shape index (κ1) is 9.92. The summed E-state index contributed by atoms with van der Waals surface area (Å²) < 4.78 is 6.78. The van der Waals surface area contributed by atoms with E-state index in [0.29, 0.717) is 12.2 Å². The summed E-state index contributed by atoms with van der Waals surface area (Å²) in [5.41, 5.74) is -0.296. The highest BCUT2D eigenvalue weighted by Crippen LogP contribution is 2.13. The lowest BCUT2D eigenvalue weighted by Crippen LogP contribution is -2.34. The van der Waals surface area contributed by atoms with E-state index in [2.05, 4.69) is 4.98 Å². The Labute approximate surface area is 86.0 Å². The standard InChI is InChI=1S/C10H12N2O3/c1-7-6-12(10(14)11-9(7)13)8-4-2-3-5-15-8/h2,4,6,8H,3,5H2,1H3,(H,11,13,14)/t8-/m0/s1. The van der Waals surface area contributed by atoms with Crippen LogP contribution in [-0.2, 0) is 4.74 Å². The zero-order valence-electron chi connectivity index (χ0n) is 8.40. The van der Waals surface area contributed by atoms with Gasteiger partial charge < -0.3 is 4.74 Å². The summed E-state index contributed by atoms with van der Waals surface area (Å²) in [5, 5.41) is 0. The van der Waals surface area contributed by atoms with Crippen molar-refractivity contribution in [2.75, 3.05) is 6.61 Å². The second-order valence-electron chi connectivity index (χ2n) is 3.46. The molecule has 5 nitrogen and oxygen atoms in total. The van der Waals surface area contributed by atoms with Crippen LogP contribution in [0.5, 0.6) is 0 Å². The van der Waals surface area contributed by atoms with Gasteiger partial charge >= 0.3 is 5.69 Å². The molecule has 0 saturated carbocycles. The van der Waals surface area contributed by atoms with Crippen LogP contribution in [0.15, 0.2) is 27.9 Å². The molecule has 0 amide bonds. The SMILES string of the molecule is Cc1cn([C@@H]2C=CCCO2)c(=O)[nH]c1=O. The Hall–Kier alpha value is -1.62. The highest BCUT2D eigenvalue weighted by molar-refractivity contribution is 5.03. The van der Waals surface area contributed by atoms with Crippen LogP contribution in [0, 0.1) is 6.92 Å². The Bertz CT molecular complexity index is 498. The molecule has 0 radical (unpaired) electrons. The smallest absolute Gasteiger partial charge is 0.330 e. The lowest BCUT2D eigenvalue weighted by Gasteiger charge is -2.19. The molecule has 0 saturated heterocycles. The van der Waals surface area contributed by atoms with E-state index < -0.39 is 11.9 Å². The summed E-state index contributed by atoms with van der Waals surface area (Å²) in [6.07, 6.45) is 5.74. The summed E-state index contributed by atoms with van der Waals surface area (Å²) in [4.78, 5) is 24.9. The maximum absolute atomic E-state index is 11.5. The lowest BCUT2D eigenvalue weighted by atomic mass is 10.3. The molecule has 15 heavy (non-hydrogen) atoms. The van der Waals surface area contributed by atoms with Gasteiger partial charge in [0.15, 0.2) is 6.23 Å². The fourth-order valence-corrected chi connectivity index (χ4v) is 1.47. The molecule has 5 heteroatoms. The van der Waals surface area contributed by atoms with Crippen molar-refractivity contribution in [1.29, 1.82) is 0 Å². The number of aryl methyl sites for hydroxylation is 1. The number of aromatic nitrogens is 2. The molecule has 1 N–H and O–H groups in total. The monoisotopic (exact) mass is 208 g/mol. The molecule has 0 aromatic carbocycles.